The van der Waals surface area contributed by atoms with Crippen LogP contribution < -0.4 is 14.4 Å². The minimum Gasteiger partial charge on any atom is -0.495 e. The lowest BCUT2D eigenvalue weighted by molar-refractivity contribution is -0.384. The normalized spacial score (nSPS) is 12.0. The van der Waals surface area contributed by atoms with E-state index < -0.39 is 45.0 Å². The maximum atomic E-state index is 14.2. The molecule has 0 aliphatic rings. The molecule has 0 spiro atoms. The Balaban J connectivity index is 2.14. The van der Waals surface area contributed by atoms with Crippen LogP contribution in [0.1, 0.15) is 25.0 Å². The molecule has 0 saturated heterocycles. The van der Waals surface area contributed by atoms with Crippen molar-refractivity contribution in [1.82, 2.24) is 10.2 Å². The van der Waals surface area contributed by atoms with E-state index in [1.807, 2.05) is 44.2 Å². The van der Waals surface area contributed by atoms with Gasteiger partial charge in [-0.3, -0.25) is 24.0 Å². The standard InChI is InChI=1S/C30H34Cl2N4O7S/c1-20(2)17-33-30(38)27(15-21-8-6-5-7-9-21)34(18-22-10-12-24(31)25(32)14-22)29(37)19-35(44(4,41)42)26-16-23(36(39)40)11-13-28(26)43-3/h5-14,16,20,27H,15,17-19H2,1-4H3,(H,33,38)/t27-/m1/s1. The van der Waals surface area contributed by atoms with Crippen molar-refractivity contribution in [3.8, 4) is 5.75 Å². The van der Waals surface area contributed by atoms with Gasteiger partial charge in [0.05, 0.1) is 28.3 Å². The van der Waals surface area contributed by atoms with Gasteiger partial charge < -0.3 is 15.0 Å². The Morgan fingerprint density at radius 2 is 1.68 bits per heavy atom. The number of carbonyl (C=O) groups excluding carboxylic acids is 2. The van der Waals surface area contributed by atoms with E-state index in [0.29, 0.717) is 17.1 Å². The Morgan fingerprint density at radius 1 is 1.00 bits per heavy atom. The highest BCUT2D eigenvalue weighted by Crippen LogP contribution is 2.34. The SMILES string of the molecule is COc1ccc([N+](=O)[O-])cc1N(CC(=O)N(Cc1ccc(Cl)c(Cl)c1)[C@H](Cc1ccccc1)C(=O)NCC(C)C)S(C)(=O)=O. The van der Waals surface area contributed by atoms with Gasteiger partial charge in [0.1, 0.15) is 24.0 Å². The number of rotatable bonds is 14. The minimum absolute atomic E-state index is 0.000343. The molecule has 236 valence electrons. The molecule has 3 aromatic carbocycles. The fraction of sp³-hybridized carbons (Fsp3) is 0.333. The van der Waals surface area contributed by atoms with Crippen LogP contribution in [0, 0.1) is 16.0 Å². The maximum Gasteiger partial charge on any atom is 0.271 e. The van der Waals surface area contributed by atoms with Crippen molar-refractivity contribution in [3.05, 3.63) is 98.0 Å². The van der Waals surface area contributed by atoms with Crippen molar-refractivity contribution in [2.45, 2.75) is 32.9 Å². The van der Waals surface area contributed by atoms with E-state index in [4.69, 9.17) is 27.9 Å². The van der Waals surface area contributed by atoms with E-state index >= 15 is 0 Å². The first-order chi connectivity index (χ1) is 20.7. The second-order valence-corrected chi connectivity index (χ2v) is 13.2. The van der Waals surface area contributed by atoms with Crippen LogP contribution in [0.15, 0.2) is 66.7 Å². The van der Waals surface area contributed by atoms with Crippen molar-refractivity contribution < 1.29 is 27.7 Å². The molecule has 0 bridgehead atoms. The Morgan fingerprint density at radius 3 is 2.25 bits per heavy atom. The number of nitro benzene ring substituents is 1. The lowest BCUT2D eigenvalue weighted by atomic mass is 10.0. The smallest absolute Gasteiger partial charge is 0.271 e. The van der Waals surface area contributed by atoms with E-state index in [9.17, 15) is 28.1 Å². The highest BCUT2D eigenvalue weighted by molar-refractivity contribution is 7.92. The molecule has 0 heterocycles. The first-order valence-electron chi connectivity index (χ1n) is 13.6. The van der Waals surface area contributed by atoms with Gasteiger partial charge in [0.15, 0.2) is 0 Å². The van der Waals surface area contributed by atoms with E-state index in [0.717, 1.165) is 28.3 Å². The maximum absolute atomic E-state index is 14.2. The van der Waals surface area contributed by atoms with Crippen LogP contribution in [-0.4, -0.2) is 62.6 Å². The van der Waals surface area contributed by atoms with Crippen LogP contribution in [0.5, 0.6) is 5.75 Å². The number of hydrogen-bond acceptors (Lipinski definition) is 7. The predicted octanol–water partition coefficient (Wildman–Crippen LogP) is 5.09. The topological polar surface area (TPSA) is 139 Å². The third-order valence-corrected chi connectivity index (χ3v) is 8.48. The summed E-state index contributed by atoms with van der Waals surface area (Å²) in [6, 6.07) is 16.2. The predicted molar refractivity (Wildman–Crippen MR) is 171 cm³/mol. The van der Waals surface area contributed by atoms with Crippen LogP contribution in [0.2, 0.25) is 10.0 Å². The summed E-state index contributed by atoms with van der Waals surface area (Å²) in [5.74, 6) is -1.05. The molecule has 1 N–H and O–H groups in total. The first-order valence-corrected chi connectivity index (χ1v) is 16.2. The second-order valence-electron chi connectivity index (χ2n) is 10.5. The number of benzene rings is 3. The largest absolute Gasteiger partial charge is 0.495 e. The van der Waals surface area contributed by atoms with Crippen LogP contribution in [-0.2, 0) is 32.6 Å². The third-order valence-electron chi connectivity index (χ3n) is 6.61. The molecule has 0 aliphatic carbocycles. The van der Waals surface area contributed by atoms with E-state index in [1.54, 1.807) is 18.2 Å². The van der Waals surface area contributed by atoms with Gasteiger partial charge in [0.2, 0.25) is 21.8 Å². The number of anilines is 1. The number of nitrogens with one attached hydrogen (secondary N) is 1. The van der Waals surface area contributed by atoms with Gasteiger partial charge >= 0.3 is 0 Å². The lowest BCUT2D eigenvalue weighted by Crippen LogP contribution is -2.53. The Hall–Kier alpha value is -3.87. The van der Waals surface area contributed by atoms with Crippen LogP contribution in [0.25, 0.3) is 0 Å². The number of methoxy groups -OCH3 is 1. The van der Waals surface area contributed by atoms with Gasteiger partial charge in [-0.25, -0.2) is 8.42 Å². The monoisotopic (exact) mass is 664 g/mol. The van der Waals surface area contributed by atoms with Gasteiger partial charge in [-0.2, -0.15) is 0 Å². The number of amides is 2. The highest BCUT2D eigenvalue weighted by Gasteiger charge is 2.34. The number of hydrogen-bond donors (Lipinski definition) is 1. The van der Waals surface area contributed by atoms with Crippen molar-refractivity contribution in [3.63, 3.8) is 0 Å². The molecule has 44 heavy (non-hydrogen) atoms. The molecule has 0 unspecified atom stereocenters. The average molecular weight is 666 g/mol. The molecule has 0 fully saturated rings. The van der Waals surface area contributed by atoms with E-state index in [2.05, 4.69) is 5.32 Å². The first kappa shape index (κ1) is 34.6. The number of carbonyl (C=O) groups is 2. The molecular weight excluding hydrogens is 631 g/mol. The molecule has 0 radical (unpaired) electrons. The number of ether oxygens (including phenoxy) is 1. The highest BCUT2D eigenvalue weighted by atomic mass is 35.5. The molecule has 14 heteroatoms. The Kier molecular flexibility index (Phi) is 12.0. The molecule has 0 aliphatic heterocycles. The van der Waals surface area contributed by atoms with E-state index in [-0.39, 0.29) is 35.3 Å². The van der Waals surface area contributed by atoms with Crippen molar-refractivity contribution in [2.24, 2.45) is 5.92 Å². The lowest BCUT2D eigenvalue weighted by Gasteiger charge is -2.34. The number of halogens is 2. The Labute approximate surface area is 266 Å². The van der Waals surface area contributed by atoms with Gasteiger partial charge in [-0.05, 0) is 35.2 Å². The summed E-state index contributed by atoms with van der Waals surface area (Å²) < 4.78 is 32.2. The summed E-state index contributed by atoms with van der Waals surface area (Å²) in [6.07, 6.45) is 0.996. The molecule has 1 atom stereocenters. The molecule has 3 rings (SSSR count). The zero-order chi connectivity index (χ0) is 32.6. The summed E-state index contributed by atoms with van der Waals surface area (Å²) in [5.41, 5.74) is 0.714. The summed E-state index contributed by atoms with van der Waals surface area (Å²) in [6.45, 7) is 3.31. The van der Waals surface area contributed by atoms with Crippen LogP contribution in [0.3, 0.4) is 0 Å². The fourth-order valence-corrected chi connectivity index (χ4v) is 5.56. The number of nitrogens with zero attached hydrogens (tertiary/aromatic N) is 3. The number of sulfonamides is 1. The van der Waals surface area contributed by atoms with Crippen molar-refractivity contribution >= 4 is 56.4 Å². The third kappa shape index (κ3) is 9.31. The molecule has 0 saturated carbocycles. The van der Waals surface area contributed by atoms with Crippen molar-refractivity contribution in [1.29, 1.82) is 0 Å². The second kappa shape index (κ2) is 15.2. The van der Waals surface area contributed by atoms with Gasteiger partial charge in [0.25, 0.3) is 5.69 Å². The number of nitro groups is 1. The summed E-state index contributed by atoms with van der Waals surface area (Å²) in [5, 5.41) is 14.9. The van der Waals surface area contributed by atoms with Crippen molar-refractivity contribution in [2.75, 3.05) is 30.8 Å². The van der Waals surface area contributed by atoms with Gasteiger partial charge in [-0.1, -0.05) is 73.4 Å². The molecule has 0 aromatic heterocycles. The molecular formula is C30H34Cl2N4O7S. The average Bonchev–Trinajstić information content (AvgIpc) is 2.97. The van der Waals surface area contributed by atoms with Gasteiger partial charge in [0, 0.05) is 31.6 Å². The minimum atomic E-state index is -4.19. The van der Waals surface area contributed by atoms with Crippen LogP contribution >= 0.6 is 23.2 Å². The molecule has 3 aromatic rings. The van der Waals surface area contributed by atoms with Gasteiger partial charge in [-0.15, -0.1) is 0 Å². The number of non-ortho nitro benzene ring substituents is 1. The molecule has 2 amide bonds. The zero-order valence-corrected chi connectivity index (χ0v) is 27.0. The van der Waals surface area contributed by atoms with E-state index in [1.165, 1.54) is 18.1 Å². The fourth-order valence-electron chi connectivity index (χ4n) is 4.39. The molecule has 11 nitrogen and oxygen atoms in total. The summed E-state index contributed by atoms with van der Waals surface area (Å²) >= 11 is 12.4. The zero-order valence-electron chi connectivity index (χ0n) is 24.7. The summed E-state index contributed by atoms with van der Waals surface area (Å²) in [7, 11) is -2.91. The Bertz CT molecular complexity index is 1600. The summed E-state index contributed by atoms with van der Waals surface area (Å²) in [4.78, 5) is 40.0. The quantitative estimate of drug-likeness (QED) is 0.187. The van der Waals surface area contributed by atoms with Crippen LogP contribution in [0.4, 0.5) is 11.4 Å².